The molecule has 0 aromatic rings. The fourth-order valence-electron chi connectivity index (χ4n) is 3.11. The van der Waals surface area contributed by atoms with E-state index < -0.39 is 0 Å². The van der Waals surface area contributed by atoms with Crippen molar-refractivity contribution in [2.45, 2.75) is 44.4 Å². The minimum atomic E-state index is -0.111. The average molecular weight is 284 g/mol. The van der Waals surface area contributed by atoms with E-state index in [-0.39, 0.29) is 12.0 Å². The first-order chi connectivity index (χ1) is 9.61. The molecule has 1 unspecified atom stereocenters. The topological polar surface area (TPSA) is 65.6 Å². The molecule has 0 saturated carbocycles. The molecule has 0 spiro atoms. The van der Waals surface area contributed by atoms with Crippen LogP contribution in [-0.4, -0.2) is 74.9 Å². The molecular formula is C14H28N4O2. The van der Waals surface area contributed by atoms with Gasteiger partial charge in [0.2, 0.25) is 0 Å². The highest BCUT2D eigenvalue weighted by Crippen LogP contribution is 2.21. The number of carbonyl (C=O) groups is 1. The van der Waals surface area contributed by atoms with Crippen molar-refractivity contribution < 1.29 is 9.53 Å². The van der Waals surface area contributed by atoms with Gasteiger partial charge in [-0.25, -0.2) is 0 Å². The van der Waals surface area contributed by atoms with E-state index in [9.17, 15) is 4.79 Å². The number of carbonyl (C=O) groups excluding carboxylic acids is 1. The number of esters is 1. The smallest absolute Gasteiger partial charge is 0.323 e. The van der Waals surface area contributed by atoms with E-state index in [0.717, 1.165) is 39.1 Å². The molecule has 0 aliphatic carbocycles. The second-order valence-electron chi connectivity index (χ2n) is 6.03. The lowest BCUT2D eigenvalue weighted by Crippen LogP contribution is -2.54. The standard InChI is InChI=1S/C14H28N4O2/c1-10(2)18-9-11(6-13(18)14(19)20-3)17-8-12-7-15-4-5-16-12/h10-13,15-17H,4-9H2,1-3H3/t11-,12?,13-/m1/s1. The molecule has 20 heavy (non-hydrogen) atoms. The second-order valence-corrected chi connectivity index (χ2v) is 6.03. The molecule has 0 aromatic heterocycles. The summed E-state index contributed by atoms with van der Waals surface area (Å²) in [5.41, 5.74) is 0. The molecule has 2 rings (SSSR count). The Kier molecular flexibility index (Phi) is 5.77. The Morgan fingerprint density at radius 2 is 2.25 bits per heavy atom. The number of ether oxygens (including phenoxy) is 1. The zero-order valence-corrected chi connectivity index (χ0v) is 12.8. The van der Waals surface area contributed by atoms with Gasteiger partial charge in [-0.05, 0) is 20.3 Å². The minimum absolute atomic E-state index is 0.102. The van der Waals surface area contributed by atoms with Crippen LogP contribution in [0.3, 0.4) is 0 Å². The molecule has 3 N–H and O–H groups in total. The van der Waals surface area contributed by atoms with Crippen molar-refractivity contribution in [2.24, 2.45) is 0 Å². The maximum atomic E-state index is 11.9. The van der Waals surface area contributed by atoms with Gasteiger partial charge in [-0.3, -0.25) is 9.69 Å². The van der Waals surface area contributed by atoms with Gasteiger partial charge >= 0.3 is 5.97 Å². The van der Waals surface area contributed by atoms with Crippen LogP contribution in [0.1, 0.15) is 20.3 Å². The van der Waals surface area contributed by atoms with Crippen molar-refractivity contribution in [1.29, 1.82) is 0 Å². The third-order valence-corrected chi connectivity index (χ3v) is 4.25. The minimum Gasteiger partial charge on any atom is -0.468 e. The highest BCUT2D eigenvalue weighted by molar-refractivity contribution is 5.76. The number of nitrogens with one attached hydrogen (secondary N) is 3. The lowest BCUT2D eigenvalue weighted by Gasteiger charge is -2.27. The average Bonchev–Trinajstić information content (AvgIpc) is 2.90. The molecule has 2 saturated heterocycles. The molecule has 2 heterocycles. The Morgan fingerprint density at radius 1 is 1.45 bits per heavy atom. The van der Waals surface area contributed by atoms with Crippen LogP contribution in [0.5, 0.6) is 0 Å². The number of hydrogen-bond donors (Lipinski definition) is 3. The Labute approximate surface area is 121 Å². The monoisotopic (exact) mass is 284 g/mol. The van der Waals surface area contributed by atoms with Crippen molar-refractivity contribution in [1.82, 2.24) is 20.9 Å². The molecule has 6 nitrogen and oxygen atoms in total. The lowest BCUT2D eigenvalue weighted by molar-refractivity contribution is -0.146. The van der Waals surface area contributed by atoms with E-state index >= 15 is 0 Å². The predicted molar refractivity (Wildman–Crippen MR) is 78.7 cm³/mol. The van der Waals surface area contributed by atoms with Crippen LogP contribution in [0.2, 0.25) is 0 Å². The molecule has 116 valence electrons. The maximum Gasteiger partial charge on any atom is 0.323 e. The second kappa shape index (κ2) is 7.36. The SMILES string of the molecule is COC(=O)[C@H]1C[C@@H](NCC2CNCCN2)CN1C(C)C. The van der Waals surface area contributed by atoms with Gasteiger partial charge in [-0.1, -0.05) is 0 Å². The first kappa shape index (κ1) is 15.7. The normalized spacial score (nSPS) is 31.7. The van der Waals surface area contributed by atoms with E-state index in [4.69, 9.17) is 4.74 Å². The summed E-state index contributed by atoms with van der Waals surface area (Å²) >= 11 is 0. The van der Waals surface area contributed by atoms with Gasteiger partial charge in [-0.2, -0.15) is 0 Å². The van der Waals surface area contributed by atoms with Gasteiger partial charge in [0.25, 0.3) is 0 Å². The molecule has 0 aromatic carbocycles. The number of methoxy groups -OCH3 is 1. The molecule has 0 amide bonds. The van der Waals surface area contributed by atoms with E-state index in [1.54, 1.807) is 0 Å². The van der Waals surface area contributed by atoms with Gasteiger partial charge < -0.3 is 20.7 Å². The van der Waals surface area contributed by atoms with Gasteiger partial charge in [0.15, 0.2) is 0 Å². The fourth-order valence-corrected chi connectivity index (χ4v) is 3.11. The molecule has 0 radical (unpaired) electrons. The van der Waals surface area contributed by atoms with Gasteiger partial charge in [0, 0.05) is 50.8 Å². The Balaban J connectivity index is 1.82. The fraction of sp³-hybridized carbons (Fsp3) is 0.929. The lowest BCUT2D eigenvalue weighted by atomic mass is 10.1. The molecule has 0 bridgehead atoms. The summed E-state index contributed by atoms with van der Waals surface area (Å²) in [7, 11) is 1.47. The Hall–Kier alpha value is -0.690. The first-order valence-electron chi connectivity index (χ1n) is 7.63. The van der Waals surface area contributed by atoms with Crippen molar-refractivity contribution in [3.63, 3.8) is 0 Å². The van der Waals surface area contributed by atoms with Crippen molar-refractivity contribution in [3.05, 3.63) is 0 Å². The molecule has 2 fully saturated rings. The largest absolute Gasteiger partial charge is 0.468 e. The van der Waals surface area contributed by atoms with Crippen LogP contribution >= 0.6 is 0 Å². The summed E-state index contributed by atoms with van der Waals surface area (Å²) in [6, 6.07) is 1.11. The molecule has 2 aliphatic heterocycles. The van der Waals surface area contributed by atoms with Crippen LogP contribution in [0.15, 0.2) is 0 Å². The van der Waals surface area contributed by atoms with E-state index in [2.05, 4.69) is 34.7 Å². The van der Waals surface area contributed by atoms with Crippen LogP contribution < -0.4 is 16.0 Å². The third-order valence-electron chi connectivity index (χ3n) is 4.25. The zero-order valence-electron chi connectivity index (χ0n) is 12.8. The van der Waals surface area contributed by atoms with Crippen molar-refractivity contribution >= 4 is 5.97 Å². The highest BCUT2D eigenvalue weighted by atomic mass is 16.5. The van der Waals surface area contributed by atoms with E-state index in [0.29, 0.717) is 18.1 Å². The summed E-state index contributed by atoms with van der Waals surface area (Å²) in [6.07, 6.45) is 0.838. The summed E-state index contributed by atoms with van der Waals surface area (Å²) in [5.74, 6) is -0.111. The quantitative estimate of drug-likeness (QED) is 0.572. The van der Waals surface area contributed by atoms with Crippen LogP contribution in [-0.2, 0) is 9.53 Å². The van der Waals surface area contributed by atoms with Crippen molar-refractivity contribution in [2.75, 3.05) is 39.8 Å². The van der Waals surface area contributed by atoms with E-state index in [1.165, 1.54) is 7.11 Å². The van der Waals surface area contributed by atoms with Gasteiger partial charge in [-0.15, -0.1) is 0 Å². The molecule has 2 aliphatic rings. The Bertz CT molecular complexity index is 318. The number of hydrogen-bond acceptors (Lipinski definition) is 6. The number of piperazine rings is 1. The van der Waals surface area contributed by atoms with Crippen LogP contribution in [0.4, 0.5) is 0 Å². The number of likely N-dealkylation sites (tertiary alicyclic amines) is 1. The van der Waals surface area contributed by atoms with E-state index in [1.807, 2.05) is 0 Å². The van der Waals surface area contributed by atoms with Gasteiger partial charge in [0.1, 0.15) is 6.04 Å². The molecular weight excluding hydrogens is 256 g/mol. The molecule has 6 heteroatoms. The van der Waals surface area contributed by atoms with Crippen molar-refractivity contribution in [3.8, 4) is 0 Å². The van der Waals surface area contributed by atoms with Crippen LogP contribution in [0.25, 0.3) is 0 Å². The molecule has 3 atom stereocenters. The summed E-state index contributed by atoms with van der Waals surface area (Å²) in [6.45, 7) is 9.20. The first-order valence-corrected chi connectivity index (χ1v) is 7.63. The Morgan fingerprint density at radius 3 is 2.85 bits per heavy atom. The predicted octanol–water partition coefficient (Wildman–Crippen LogP) is -0.838. The highest BCUT2D eigenvalue weighted by Gasteiger charge is 2.38. The number of rotatable bonds is 5. The van der Waals surface area contributed by atoms with Gasteiger partial charge in [0.05, 0.1) is 7.11 Å². The summed E-state index contributed by atoms with van der Waals surface area (Å²) < 4.78 is 4.93. The third kappa shape index (κ3) is 3.91. The zero-order chi connectivity index (χ0) is 14.5. The summed E-state index contributed by atoms with van der Waals surface area (Å²) in [5, 5.41) is 10.5. The van der Waals surface area contributed by atoms with Crippen LogP contribution in [0, 0.1) is 0 Å². The number of nitrogens with zero attached hydrogens (tertiary/aromatic N) is 1. The summed E-state index contributed by atoms with van der Waals surface area (Å²) in [4.78, 5) is 14.1. The maximum absolute atomic E-state index is 11.9.